The highest BCUT2D eigenvalue weighted by Gasteiger charge is 2.08. The highest BCUT2D eigenvalue weighted by Crippen LogP contribution is 2.16. The van der Waals surface area contributed by atoms with Crippen molar-refractivity contribution >= 4 is 0 Å². The summed E-state index contributed by atoms with van der Waals surface area (Å²) in [6.07, 6.45) is 3.74. The zero-order valence-corrected chi connectivity index (χ0v) is 13.1. The molecule has 1 heterocycles. The molecule has 0 saturated heterocycles. The van der Waals surface area contributed by atoms with E-state index in [-0.39, 0.29) is 0 Å². The molecule has 0 bridgehead atoms. The van der Waals surface area contributed by atoms with Gasteiger partial charge in [-0.05, 0) is 42.4 Å². The van der Waals surface area contributed by atoms with Crippen molar-refractivity contribution in [1.29, 1.82) is 5.26 Å². The van der Waals surface area contributed by atoms with Gasteiger partial charge in [0.05, 0.1) is 17.3 Å². The zero-order valence-electron chi connectivity index (χ0n) is 13.1. The summed E-state index contributed by atoms with van der Waals surface area (Å²) >= 11 is 0. The Morgan fingerprint density at radius 1 is 1.09 bits per heavy atom. The second-order valence-electron chi connectivity index (χ2n) is 5.56. The van der Waals surface area contributed by atoms with Gasteiger partial charge in [0.15, 0.2) is 0 Å². The standard InChI is InChI=1S/C19H18N4/c1-22(14-17-7-4-6-16(12-17)13-20)15-18-8-2-3-9-19(18)23-11-5-10-21-23/h2-12H,14-15H2,1H3. The molecule has 0 atom stereocenters. The minimum atomic E-state index is 0.702. The van der Waals surface area contributed by atoms with Gasteiger partial charge in [0.1, 0.15) is 0 Å². The second-order valence-corrected chi connectivity index (χ2v) is 5.56. The predicted molar refractivity (Wildman–Crippen MR) is 89.9 cm³/mol. The van der Waals surface area contributed by atoms with Crippen LogP contribution in [0.15, 0.2) is 67.0 Å². The summed E-state index contributed by atoms with van der Waals surface area (Å²) in [6.45, 7) is 1.61. The van der Waals surface area contributed by atoms with Crippen LogP contribution in [0.4, 0.5) is 0 Å². The quantitative estimate of drug-likeness (QED) is 0.726. The lowest BCUT2D eigenvalue weighted by Gasteiger charge is -2.19. The van der Waals surface area contributed by atoms with Crippen LogP contribution in [0, 0.1) is 11.3 Å². The maximum Gasteiger partial charge on any atom is 0.0991 e. The van der Waals surface area contributed by atoms with Crippen LogP contribution in [0.5, 0.6) is 0 Å². The number of para-hydroxylation sites is 1. The Labute approximate surface area is 136 Å². The molecular formula is C19H18N4. The SMILES string of the molecule is CN(Cc1cccc(C#N)c1)Cc1ccccc1-n1cccn1. The molecule has 0 unspecified atom stereocenters. The van der Waals surface area contributed by atoms with Crippen molar-refractivity contribution in [2.45, 2.75) is 13.1 Å². The lowest BCUT2D eigenvalue weighted by molar-refractivity contribution is 0.318. The van der Waals surface area contributed by atoms with E-state index >= 15 is 0 Å². The van der Waals surface area contributed by atoms with Crippen LogP contribution >= 0.6 is 0 Å². The minimum absolute atomic E-state index is 0.702. The highest BCUT2D eigenvalue weighted by molar-refractivity contribution is 5.40. The van der Waals surface area contributed by atoms with E-state index in [1.165, 1.54) is 5.56 Å². The van der Waals surface area contributed by atoms with Crippen LogP contribution in [0.25, 0.3) is 5.69 Å². The molecule has 3 aromatic rings. The van der Waals surface area contributed by atoms with Gasteiger partial charge in [0, 0.05) is 25.5 Å². The Balaban J connectivity index is 1.76. The largest absolute Gasteiger partial charge is 0.298 e. The number of benzene rings is 2. The van der Waals surface area contributed by atoms with Gasteiger partial charge < -0.3 is 0 Å². The van der Waals surface area contributed by atoms with Crippen LogP contribution in [-0.2, 0) is 13.1 Å². The summed E-state index contributed by atoms with van der Waals surface area (Å²) < 4.78 is 1.89. The molecule has 3 rings (SSSR count). The normalized spacial score (nSPS) is 10.7. The molecule has 114 valence electrons. The number of hydrogen-bond acceptors (Lipinski definition) is 3. The van der Waals surface area contributed by atoms with E-state index in [9.17, 15) is 0 Å². The summed E-state index contributed by atoms with van der Waals surface area (Å²) in [4.78, 5) is 2.23. The number of rotatable bonds is 5. The first-order chi connectivity index (χ1) is 11.3. The van der Waals surface area contributed by atoms with E-state index in [4.69, 9.17) is 5.26 Å². The summed E-state index contributed by atoms with van der Waals surface area (Å²) in [5.74, 6) is 0. The second kappa shape index (κ2) is 6.91. The lowest BCUT2D eigenvalue weighted by atomic mass is 10.1. The van der Waals surface area contributed by atoms with Crippen LogP contribution in [-0.4, -0.2) is 21.7 Å². The fourth-order valence-electron chi connectivity index (χ4n) is 2.68. The molecule has 0 spiro atoms. The third kappa shape index (κ3) is 3.65. The maximum atomic E-state index is 9.00. The molecule has 0 amide bonds. The number of aromatic nitrogens is 2. The number of nitriles is 1. The fourth-order valence-corrected chi connectivity index (χ4v) is 2.68. The first-order valence-electron chi connectivity index (χ1n) is 7.52. The minimum Gasteiger partial charge on any atom is -0.298 e. The summed E-state index contributed by atoms with van der Waals surface area (Å²) in [7, 11) is 2.08. The Morgan fingerprint density at radius 3 is 2.74 bits per heavy atom. The predicted octanol–water partition coefficient (Wildman–Crippen LogP) is 3.38. The van der Waals surface area contributed by atoms with Crippen LogP contribution in [0.1, 0.15) is 16.7 Å². The number of hydrogen-bond donors (Lipinski definition) is 0. The van der Waals surface area contributed by atoms with Gasteiger partial charge in [-0.2, -0.15) is 10.4 Å². The first-order valence-corrected chi connectivity index (χ1v) is 7.52. The topological polar surface area (TPSA) is 44.9 Å². The van der Waals surface area contributed by atoms with Gasteiger partial charge in [-0.15, -0.1) is 0 Å². The molecule has 1 aromatic heterocycles. The van der Waals surface area contributed by atoms with Gasteiger partial charge in [-0.1, -0.05) is 30.3 Å². The van der Waals surface area contributed by atoms with Gasteiger partial charge in [0.25, 0.3) is 0 Å². The molecule has 4 heteroatoms. The summed E-state index contributed by atoms with van der Waals surface area (Å²) in [5, 5.41) is 13.3. The van der Waals surface area contributed by atoms with Crippen molar-refractivity contribution in [1.82, 2.24) is 14.7 Å². The van der Waals surface area contributed by atoms with E-state index in [1.54, 1.807) is 6.20 Å². The highest BCUT2D eigenvalue weighted by atomic mass is 15.3. The Hall–Kier alpha value is -2.90. The number of nitrogens with zero attached hydrogens (tertiary/aromatic N) is 4. The Kier molecular flexibility index (Phi) is 4.51. The molecule has 23 heavy (non-hydrogen) atoms. The molecule has 4 nitrogen and oxygen atoms in total. The van der Waals surface area contributed by atoms with Crippen LogP contribution < -0.4 is 0 Å². The molecule has 0 aliphatic carbocycles. The molecule has 0 aliphatic heterocycles. The molecule has 0 radical (unpaired) electrons. The molecule has 0 N–H and O–H groups in total. The van der Waals surface area contributed by atoms with Crippen LogP contribution in [0.2, 0.25) is 0 Å². The lowest BCUT2D eigenvalue weighted by Crippen LogP contribution is -2.18. The van der Waals surface area contributed by atoms with Gasteiger partial charge >= 0.3 is 0 Å². The van der Waals surface area contributed by atoms with Gasteiger partial charge in [0.2, 0.25) is 0 Å². The van der Waals surface area contributed by atoms with Crippen molar-refractivity contribution in [3.8, 4) is 11.8 Å². The molecule has 2 aromatic carbocycles. The van der Waals surface area contributed by atoms with Crippen molar-refractivity contribution < 1.29 is 0 Å². The van der Waals surface area contributed by atoms with Crippen molar-refractivity contribution in [3.63, 3.8) is 0 Å². The van der Waals surface area contributed by atoms with Crippen LogP contribution in [0.3, 0.4) is 0 Å². The average Bonchev–Trinajstić information content (AvgIpc) is 3.10. The van der Waals surface area contributed by atoms with E-state index < -0.39 is 0 Å². The Bertz CT molecular complexity index is 815. The smallest absolute Gasteiger partial charge is 0.0991 e. The molecule has 0 fully saturated rings. The van der Waals surface area contributed by atoms with E-state index in [0.717, 1.165) is 24.3 Å². The zero-order chi connectivity index (χ0) is 16.1. The fraction of sp³-hybridized carbons (Fsp3) is 0.158. The van der Waals surface area contributed by atoms with E-state index in [0.29, 0.717) is 5.56 Å². The molecule has 0 saturated carbocycles. The van der Waals surface area contributed by atoms with E-state index in [1.807, 2.05) is 47.3 Å². The monoisotopic (exact) mass is 302 g/mol. The first kappa shape index (κ1) is 15.0. The van der Waals surface area contributed by atoms with Crippen molar-refractivity contribution in [2.75, 3.05) is 7.05 Å². The third-order valence-corrected chi connectivity index (χ3v) is 3.69. The summed E-state index contributed by atoms with van der Waals surface area (Å²) in [6, 6.07) is 20.1. The molecule has 0 aliphatic rings. The van der Waals surface area contributed by atoms with Crippen molar-refractivity contribution in [2.24, 2.45) is 0 Å². The molecular weight excluding hydrogens is 284 g/mol. The average molecular weight is 302 g/mol. The van der Waals surface area contributed by atoms with Gasteiger partial charge in [-0.3, -0.25) is 4.90 Å². The Morgan fingerprint density at radius 2 is 1.96 bits per heavy atom. The van der Waals surface area contributed by atoms with E-state index in [2.05, 4.69) is 41.3 Å². The third-order valence-electron chi connectivity index (χ3n) is 3.69. The van der Waals surface area contributed by atoms with Gasteiger partial charge in [-0.25, -0.2) is 4.68 Å². The summed E-state index contributed by atoms with van der Waals surface area (Å²) in [5.41, 5.74) is 4.15. The van der Waals surface area contributed by atoms with Crippen molar-refractivity contribution in [3.05, 3.63) is 83.7 Å². The maximum absolute atomic E-state index is 9.00.